The number of hydrogen-bond acceptors (Lipinski definition) is 4. The number of nitrogens with one attached hydrogen (secondary N) is 1. The van der Waals surface area contributed by atoms with Gasteiger partial charge in [-0.15, -0.1) is 0 Å². The normalized spacial score (nSPS) is 12.2. The number of aliphatic hydroxyl groups is 1. The second-order valence-corrected chi connectivity index (χ2v) is 7.77. The van der Waals surface area contributed by atoms with Crippen molar-refractivity contribution in [3.8, 4) is 0 Å². The molecular weight excluding hydrogens is 278 g/mol. The summed E-state index contributed by atoms with van der Waals surface area (Å²) >= 11 is 0. The van der Waals surface area contributed by atoms with Crippen LogP contribution >= 0.6 is 0 Å². The van der Waals surface area contributed by atoms with Crippen LogP contribution in [0.25, 0.3) is 0 Å². The molecule has 1 aromatic carbocycles. The summed E-state index contributed by atoms with van der Waals surface area (Å²) in [6, 6.07) is 4.48. The Hall–Kier alpha value is -1.40. The van der Waals surface area contributed by atoms with Crippen LogP contribution in [-0.2, 0) is 9.84 Å². The largest absolute Gasteiger partial charge is 0.396 e. The Labute approximate surface area is 119 Å². The Balaban J connectivity index is 2.99. The highest BCUT2D eigenvalue weighted by Crippen LogP contribution is 2.17. The topological polar surface area (TPSA) is 83.5 Å². The van der Waals surface area contributed by atoms with Crippen molar-refractivity contribution in [3.63, 3.8) is 0 Å². The van der Waals surface area contributed by atoms with Crippen LogP contribution in [-0.4, -0.2) is 38.8 Å². The zero-order valence-corrected chi connectivity index (χ0v) is 13.0. The van der Waals surface area contributed by atoms with E-state index in [4.69, 9.17) is 5.11 Å². The lowest BCUT2D eigenvalue weighted by Crippen LogP contribution is -2.36. The molecule has 0 aromatic heterocycles. The van der Waals surface area contributed by atoms with Crippen LogP contribution in [0, 0.1) is 12.3 Å². The average Bonchev–Trinajstić information content (AvgIpc) is 2.35. The predicted octanol–water partition coefficient (Wildman–Crippen LogP) is 1.15. The molecule has 2 N–H and O–H groups in total. The number of carbonyl (C=O) groups is 1. The Morgan fingerprint density at radius 3 is 2.45 bits per heavy atom. The van der Waals surface area contributed by atoms with Crippen molar-refractivity contribution in [3.05, 3.63) is 29.3 Å². The maximum atomic E-state index is 12.1. The number of benzene rings is 1. The van der Waals surface area contributed by atoms with Gasteiger partial charge in [-0.2, -0.15) is 0 Å². The van der Waals surface area contributed by atoms with Crippen LogP contribution in [0.5, 0.6) is 0 Å². The van der Waals surface area contributed by atoms with Gasteiger partial charge in [0, 0.05) is 30.4 Å². The monoisotopic (exact) mass is 299 g/mol. The van der Waals surface area contributed by atoms with Gasteiger partial charge in [0.15, 0.2) is 9.84 Å². The molecule has 0 radical (unpaired) electrons. The summed E-state index contributed by atoms with van der Waals surface area (Å²) in [5, 5.41) is 11.9. The summed E-state index contributed by atoms with van der Waals surface area (Å²) in [4.78, 5) is 12.2. The van der Waals surface area contributed by atoms with Gasteiger partial charge in [-0.3, -0.25) is 4.79 Å². The van der Waals surface area contributed by atoms with Crippen LogP contribution in [0.1, 0.15) is 29.8 Å². The number of aliphatic hydroxyl groups excluding tert-OH is 1. The number of aryl methyl sites for hydroxylation is 1. The molecule has 1 aromatic rings. The SMILES string of the molecule is Cc1ccc(S(C)(=O)=O)cc1C(=O)NCC(C)(C)CO. The van der Waals surface area contributed by atoms with Gasteiger partial charge in [-0.1, -0.05) is 19.9 Å². The Morgan fingerprint density at radius 2 is 1.95 bits per heavy atom. The van der Waals surface area contributed by atoms with Crippen LogP contribution in [0.15, 0.2) is 23.1 Å². The van der Waals surface area contributed by atoms with E-state index < -0.39 is 15.3 Å². The Morgan fingerprint density at radius 1 is 1.35 bits per heavy atom. The third-order valence-corrected chi connectivity index (χ3v) is 4.15. The van der Waals surface area contributed by atoms with Crippen molar-refractivity contribution in [1.29, 1.82) is 0 Å². The second-order valence-electron chi connectivity index (χ2n) is 5.75. The molecule has 0 bridgehead atoms. The van der Waals surface area contributed by atoms with Gasteiger partial charge >= 0.3 is 0 Å². The maximum absolute atomic E-state index is 12.1. The van der Waals surface area contributed by atoms with E-state index in [2.05, 4.69) is 5.32 Å². The zero-order chi connectivity index (χ0) is 15.6. The molecule has 0 unspecified atom stereocenters. The number of carbonyl (C=O) groups excluding carboxylic acids is 1. The van der Waals surface area contributed by atoms with E-state index in [0.717, 1.165) is 6.26 Å². The standard InChI is InChI=1S/C14H21NO4S/c1-10-5-6-11(20(4,18)19)7-12(10)13(17)15-8-14(2,3)9-16/h5-7,16H,8-9H2,1-4H3,(H,15,17). The summed E-state index contributed by atoms with van der Waals surface area (Å²) < 4.78 is 23.0. The minimum absolute atomic E-state index is 0.0460. The first kappa shape index (κ1) is 16.7. The quantitative estimate of drug-likeness (QED) is 0.854. The fraction of sp³-hybridized carbons (Fsp3) is 0.500. The van der Waals surface area contributed by atoms with E-state index in [1.807, 2.05) is 13.8 Å². The first-order valence-electron chi connectivity index (χ1n) is 6.26. The molecule has 20 heavy (non-hydrogen) atoms. The first-order valence-corrected chi connectivity index (χ1v) is 8.16. The van der Waals surface area contributed by atoms with E-state index in [1.54, 1.807) is 13.0 Å². The molecule has 6 heteroatoms. The van der Waals surface area contributed by atoms with E-state index >= 15 is 0 Å². The fourth-order valence-electron chi connectivity index (χ4n) is 1.55. The molecule has 0 fully saturated rings. The molecule has 0 atom stereocenters. The van der Waals surface area contributed by atoms with Crippen molar-refractivity contribution in [2.45, 2.75) is 25.7 Å². The van der Waals surface area contributed by atoms with Crippen LogP contribution in [0.3, 0.4) is 0 Å². The zero-order valence-electron chi connectivity index (χ0n) is 12.2. The molecule has 0 heterocycles. The van der Waals surface area contributed by atoms with Crippen molar-refractivity contribution in [1.82, 2.24) is 5.32 Å². The molecule has 1 amide bonds. The van der Waals surface area contributed by atoms with E-state index in [0.29, 0.717) is 17.7 Å². The highest BCUT2D eigenvalue weighted by molar-refractivity contribution is 7.90. The average molecular weight is 299 g/mol. The van der Waals surface area contributed by atoms with Gasteiger partial charge in [0.2, 0.25) is 0 Å². The Bertz CT molecular complexity index is 606. The van der Waals surface area contributed by atoms with Crippen molar-refractivity contribution in [2.75, 3.05) is 19.4 Å². The van der Waals surface area contributed by atoms with Gasteiger partial charge in [-0.25, -0.2) is 8.42 Å². The number of sulfone groups is 1. The summed E-state index contributed by atoms with van der Waals surface area (Å²) in [6.07, 6.45) is 1.11. The van der Waals surface area contributed by atoms with Crippen molar-refractivity contribution >= 4 is 15.7 Å². The van der Waals surface area contributed by atoms with Crippen LogP contribution in [0.2, 0.25) is 0 Å². The third-order valence-electron chi connectivity index (χ3n) is 3.04. The molecule has 0 saturated heterocycles. The highest BCUT2D eigenvalue weighted by Gasteiger charge is 2.19. The van der Waals surface area contributed by atoms with Gasteiger partial charge in [0.1, 0.15) is 0 Å². The molecule has 0 aliphatic heterocycles. The summed E-state index contributed by atoms with van der Waals surface area (Å²) in [5.74, 6) is -0.338. The van der Waals surface area contributed by atoms with Gasteiger partial charge in [0.25, 0.3) is 5.91 Å². The summed E-state index contributed by atoms with van der Waals surface area (Å²) in [7, 11) is -3.34. The number of rotatable bonds is 5. The van der Waals surface area contributed by atoms with E-state index in [-0.39, 0.29) is 17.4 Å². The summed E-state index contributed by atoms with van der Waals surface area (Å²) in [6.45, 7) is 5.67. The van der Waals surface area contributed by atoms with Gasteiger partial charge in [-0.05, 0) is 24.6 Å². The fourth-order valence-corrected chi connectivity index (χ4v) is 2.19. The highest BCUT2D eigenvalue weighted by atomic mass is 32.2. The number of amides is 1. The van der Waals surface area contributed by atoms with Crippen LogP contribution in [0.4, 0.5) is 0 Å². The molecule has 5 nitrogen and oxygen atoms in total. The lowest BCUT2D eigenvalue weighted by atomic mass is 9.95. The molecule has 0 saturated carbocycles. The molecule has 112 valence electrons. The molecule has 1 rings (SSSR count). The smallest absolute Gasteiger partial charge is 0.251 e. The molecular formula is C14H21NO4S. The molecule has 0 aliphatic carbocycles. The molecule has 0 spiro atoms. The van der Waals surface area contributed by atoms with Crippen molar-refractivity contribution in [2.24, 2.45) is 5.41 Å². The number of hydrogen-bond donors (Lipinski definition) is 2. The van der Waals surface area contributed by atoms with Gasteiger partial charge < -0.3 is 10.4 Å². The minimum Gasteiger partial charge on any atom is -0.396 e. The second kappa shape index (κ2) is 5.93. The summed E-state index contributed by atoms with van der Waals surface area (Å²) in [5.41, 5.74) is 0.622. The minimum atomic E-state index is -3.34. The van der Waals surface area contributed by atoms with E-state index in [1.165, 1.54) is 12.1 Å². The maximum Gasteiger partial charge on any atom is 0.251 e. The predicted molar refractivity (Wildman–Crippen MR) is 77.5 cm³/mol. The lowest BCUT2D eigenvalue weighted by molar-refractivity contribution is 0.0910. The van der Waals surface area contributed by atoms with E-state index in [9.17, 15) is 13.2 Å². The molecule has 0 aliphatic rings. The third kappa shape index (κ3) is 4.31. The van der Waals surface area contributed by atoms with Gasteiger partial charge in [0.05, 0.1) is 4.90 Å². The van der Waals surface area contributed by atoms with Crippen LogP contribution < -0.4 is 5.32 Å². The van der Waals surface area contributed by atoms with Crippen molar-refractivity contribution < 1.29 is 18.3 Å². The Kier molecular flexibility index (Phi) is 4.94. The first-order chi connectivity index (χ1) is 9.07. The lowest BCUT2D eigenvalue weighted by Gasteiger charge is -2.22.